The summed E-state index contributed by atoms with van der Waals surface area (Å²) in [6.07, 6.45) is 4.27. The van der Waals surface area contributed by atoms with Gasteiger partial charge in [-0.25, -0.2) is 0 Å². The minimum absolute atomic E-state index is 0.235. The van der Waals surface area contributed by atoms with Crippen LogP contribution >= 0.6 is 0 Å². The van der Waals surface area contributed by atoms with E-state index in [2.05, 4.69) is 6.92 Å². The lowest BCUT2D eigenvalue weighted by atomic mass is 9.81. The summed E-state index contributed by atoms with van der Waals surface area (Å²) < 4.78 is 5.37. The highest BCUT2D eigenvalue weighted by atomic mass is 16.5. The van der Waals surface area contributed by atoms with Gasteiger partial charge in [0.1, 0.15) is 0 Å². The molecule has 2 rings (SSSR count). The van der Waals surface area contributed by atoms with Gasteiger partial charge in [0.15, 0.2) is 0 Å². The van der Waals surface area contributed by atoms with Gasteiger partial charge in [-0.15, -0.1) is 0 Å². The predicted octanol–water partition coefficient (Wildman–Crippen LogP) is 0.999. The Hall–Kier alpha value is -0.610. The van der Waals surface area contributed by atoms with Gasteiger partial charge in [0.05, 0.1) is 19.3 Å². The topological polar surface area (TPSA) is 55.6 Å². The Morgan fingerprint density at radius 2 is 2.06 bits per heavy atom. The third-order valence-electron chi connectivity index (χ3n) is 4.18. The first-order valence-corrected chi connectivity index (χ1v) is 6.80. The molecule has 0 unspecified atom stereocenters. The molecule has 1 saturated carbocycles. The van der Waals surface area contributed by atoms with E-state index in [9.17, 15) is 4.79 Å². The summed E-state index contributed by atoms with van der Waals surface area (Å²) in [6, 6.07) is 0.239. The lowest BCUT2D eigenvalue weighted by molar-refractivity contribution is -0.144. The fourth-order valence-corrected chi connectivity index (χ4v) is 2.93. The molecule has 2 N–H and O–H groups in total. The van der Waals surface area contributed by atoms with E-state index in [0.29, 0.717) is 25.0 Å². The lowest BCUT2D eigenvalue weighted by Gasteiger charge is -2.37. The number of carbonyl (C=O) groups is 1. The largest absolute Gasteiger partial charge is 0.377 e. The average Bonchev–Trinajstić information content (AvgIpc) is 2.39. The second-order valence-corrected chi connectivity index (χ2v) is 5.41. The van der Waals surface area contributed by atoms with E-state index in [1.54, 1.807) is 0 Å². The van der Waals surface area contributed by atoms with E-state index in [0.717, 1.165) is 38.8 Å². The molecule has 0 spiro atoms. The normalized spacial score (nSPS) is 34.7. The standard InChI is InChI=1S/C13H24N2O2/c1-10-9-17-7-6-15(10)13(16)12-4-2-11(8-14)3-5-12/h10-12H,2-9,14H2,1H3/t10-,11?,12?/m1/s1. The number of ether oxygens (including phenoxy) is 1. The number of nitrogens with two attached hydrogens (primary N) is 1. The summed E-state index contributed by atoms with van der Waals surface area (Å²) in [7, 11) is 0. The number of morpholine rings is 1. The number of carbonyl (C=O) groups excluding carboxylic acids is 1. The van der Waals surface area contributed by atoms with E-state index < -0.39 is 0 Å². The Labute approximate surface area is 103 Å². The number of hydrogen-bond acceptors (Lipinski definition) is 3. The Morgan fingerprint density at radius 1 is 1.35 bits per heavy atom. The first kappa shape index (κ1) is 12.8. The van der Waals surface area contributed by atoms with Crippen LogP contribution in [0.15, 0.2) is 0 Å². The second kappa shape index (κ2) is 5.83. The summed E-state index contributed by atoms with van der Waals surface area (Å²) in [5, 5.41) is 0. The first-order chi connectivity index (χ1) is 8.22. The Morgan fingerprint density at radius 3 is 2.65 bits per heavy atom. The third-order valence-corrected chi connectivity index (χ3v) is 4.18. The summed E-state index contributed by atoms with van der Waals surface area (Å²) in [5.74, 6) is 1.22. The van der Waals surface area contributed by atoms with Crippen LogP contribution in [0.4, 0.5) is 0 Å². The minimum atomic E-state index is 0.235. The molecule has 1 aliphatic heterocycles. The van der Waals surface area contributed by atoms with Crippen LogP contribution in [0.25, 0.3) is 0 Å². The molecule has 4 heteroatoms. The molecule has 2 fully saturated rings. The molecule has 0 aromatic carbocycles. The molecule has 17 heavy (non-hydrogen) atoms. The van der Waals surface area contributed by atoms with Crippen LogP contribution in [0, 0.1) is 11.8 Å². The number of nitrogens with zero attached hydrogens (tertiary/aromatic N) is 1. The molecule has 2 aliphatic rings. The van der Waals surface area contributed by atoms with Crippen molar-refractivity contribution in [3.05, 3.63) is 0 Å². The van der Waals surface area contributed by atoms with Gasteiger partial charge in [0.2, 0.25) is 5.91 Å². The molecular formula is C13H24N2O2. The zero-order valence-corrected chi connectivity index (χ0v) is 10.7. The number of amides is 1. The maximum atomic E-state index is 12.4. The minimum Gasteiger partial charge on any atom is -0.377 e. The van der Waals surface area contributed by atoms with Crippen LogP contribution in [0.3, 0.4) is 0 Å². The quantitative estimate of drug-likeness (QED) is 0.783. The third kappa shape index (κ3) is 2.99. The highest BCUT2D eigenvalue weighted by molar-refractivity contribution is 5.79. The molecule has 0 bridgehead atoms. The molecular weight excluding hydrogens is 216 g/mol. The highest BCUT2D eigenvalue weighted by Gasteiger charge is 2.32. The van der Waals surface area contributed by atoms with Crippen molar-refractivity contribution in [2.24, 2.45) is 17.6 Å². The smallest absolute Gasteiger partial charge is 0.226 e. The summed E-state index contributed by atoms with van der Waals surface area (Å²) in [4.78, 5) is 14.4. The van der Waals surface area contributed by atoms with Crippen molar-refractivity contribution in [3.8, 4) is 0 Å². The summed E-state index contributed by atoms with van der Waals surface area (Å²) in [6.45, 7) is 4.98. The second-order valence-electron chi connectivity index (χ2n) is 5.41. The van der Waals surface area contributed by atoms with Gasteiger partial charge in [0, 0.05) is 12.5 Å². The van der Waals surface area contributed by atoms with Crippen molar-refractivity contribution in [3.63, 3.8) is 0 Å². The van der Waals surface area contributed by atoms with Gasteiger partial charge in [-0.2, -0.15) is 0 Å². The van der Waals surface area contributed by atoms with Crippen LogP contribution in [0.1, 0.15) is 32.6 Å². The van der Waals surface area contributed by atoms with Crippen LogP contribution in [-0.4, -0.2) is 43.2 Å². The van der Waals surface area contributed by atoms with E-state index in [1.807, 2.05) is 4.90 Å². The van der Waals surface area contributed by atoms with Crippen LogP contribution in [0.2, 0.25) is 0 Å². The van der Waals surface area contributed by atoms with E-state index in [1.165, 1.54) is 0 Å². The van der Waals surface area contributed by atoms with Gasteiger partial charge in [0.25, 0.3) is 0 Å². The maximum Gasteiger partial charge on any atom is 0.226 e. The molecule has 1 heterocycles. The first-order valence-electron chi connectivity index (χ1n) is 6.80. The molecule has 1 amide bonds. The number of rotatable bonds is 2. The van der Waals surface area contributed by atoms with Gasteiger partial charge in [-0.05, 0) is 45.1 Å². The van der Waals surface area contributed by atoms with Gasteiger partial charge >= 0.3 is 0 Å². The SMILES string of the molecule is C[C@@H]1COCCN1C(=O)C1CCC(CN)CC1. The zero-order valence-electron chi connectivity index (χ0n) is 10.7. The van der Waals surface area contributed by atoms with Gasteiger partial charge < -0.3 is 15.4 Å². The molecule has 0 radical (unpaired) electrons. The monoisotopic (exact) mass is 240 g/mol. The van der Waals surface area contributed by atoms with E-state index in [4.69, 9.17) is 10.5 Å². The van der Waals surface area contributed by atoms with Crippen molar-refractivity contribution in [1.82, 2.24) is 4.90 Å². The van der Waals surface area contributed by atoms with Crippen LogP contribution in [0.5, 0.6) is 0 Å². The fourth-order valence-electron chi connectivity index (χ4n) is 2.93. The molecule has 0 aromatic heterocycles. The van der Waals surface area contributed by atoms with Crippen molar-refractivity contribution >= 4 is 5.91 Å². The van der Waals surface area contributed by atoms with Gasteiger partial charge in [-0.3, -0.25) is 4.79 Å². The molecule has 1 atom stereocenters. The average molecular weight is 240 g/mol. The molecule has 98 valence electrons. The zero-order chi connectivity index (χ0) is 12.3. The molecule has 1 saturated heterocycles. The van der Waals surface area contributed by atoms with E-state index >= 15 is 0 Å². The van der Waals surface area contributed by atoms with Crippen molar-refractivity contribution in [1.29, 1.82) is 0 Å². The molecule has 1 aliphatic carbocycles. The van der Waals surface area contributed by atoms with Crippen molar-refractivity contribution in [2.75, 3.05) is 26.3 Å². The number of hydrogen-bond donors (Lipinski definition) is 1. The maximum absolute atomic E-state index is 12.4. The Bertz CT molecular complexity index is 262. The highest BCUT2D eigenvalue weighted by Crippen LogP contribution is 2.30. The lowest BCUT2D eigenvalue weighted by Crippen LogP contribution is -2.49. The summed E-state index contributed by atoms with van der Waals surface area (Å²) in [5.41, 5.74) is 5.68. The Kier molecular flexibility index (Phi) is 4.40. The Balaban J connectivity index is 1.87. The predicted molar refractivity (Wildman–Crippen MR) is 66.5 cm³/mol. The van der Waals surface area contributed by atoms with Crippen LogP contribution in [-0.2, 0) is 9.53 Å². The molecule has 4 nitrogen and oxygen atoms in total. The van der Waals surface area contributed by atoms with Gasteiger partial charge in [-0.1, -0.05) is 0 Å². The van der Waals surface area contributed by atoms with Crippen LogP contribution < -0.4 is 5.73 Å². The summed E-state index contributed by atoms with van der Waals surface area (Å²) >= 11 is 0. The van der Waals surface area contributed by atoms with E-state index in [-0.39, 0.29) is 12.0 Å². The molecule has 0 aromatic rings. The van der Waals surface area contributed by atoms with Crippen molar-refractivity contribution < 1.29 is 9.53 Å². The van der Waals surface area contributed by atoms with Crippen molar-refractivity contribution in [2.45, 2.75) is 38.6 Å². The fraction of sp³-hybridized carbons (Fsp3) is 0.923.